The summed E-state index contributed by atoms with van der Waals surface area (Å²) in [4.78, 5) is 5.81. The van der Waals surface area contributed by atoms with Gasteiger partial charge < -0.3 is 9.88 Å². The molecule has 19 heavy (non-hydrogen) atoms. The molecular weight excluding hydrogens is 274 g/mol. The minimum Gasteiger partial charge on any atom is -0.336 e. The Hall–Kier alpha value is -0.780. The Labute approximate surface area is 123 Å². The smallest absolute Gasteiger partial charge is 0.131 e. The van der Waals surface area contributed by atoms with E-state index in [0.717, 1.165) is 12.4 Å². The zero-order chi connectivity index (χ0) is 13.9. The van der Waals surface area contributed by atoms with Crippen LogP contribution in [0.25, 0.3) is 0 Å². The average molecular weight is 295 g/mol. The quantitative estimate of drug-likeness (QED) is 0.887. The highest BCUT2D eigenvalue weighted by Gasteiger charge is 2.23. The molecular formula is C14H21N3S2. The van der Waals surface area contributed by atoms with Gasteiger partial charge in [0.2, 0.25) is 0 Å². The topological polar surface area (TPSA) is 29.9 Å². The number of nitrogens with one attached hydrogen (secondary N) is 1. The first-order valence-electron chi connectivity index (χ1n) is 6.32. The first kappa shape index (κ1) is 14.6. The molecule has 2 aromatic rings. The number of thiophene rings is 1. The third-order valence-corrected chi connectivity index (χ3v) is 5.42. The zero-order valence-electron chi connectivity index (χ0n) is 11.9. The van der Waals surface area contributed by atoms with Crippen LogP contribution < -0.4 is 5.32 Å². The van der Waals surface area contributed by atoms with Crippen molar-refractivity contribution in [2.45, 2.75) is 24.6 Å². The molecule has 2 heterocycles. The van der Waals surface area contributed by atoms with Gasteiger partial charge in [0.25, 0.3) is 0 Å². The van der Waals surface area contributed by atoms with E-state index in [1.807, 2.05) is 31.2 Å². The maximum absolute atomic E-state index is 4.50. The Kier molecular flexibility index (Phi) is 4.71. The van der Waals surface area contributed by atoms with Crippen LogP contribution in [0.15, 0.2) is 29.9 Å². The molecule has 1 N–H and O–H groups in total. The number of rotatable bonds is 6. The van der Waals surface area contributed by atoms with Crippen molar-refractivity contribution < 1.29 is 0 Å². The molecule has 5 heteroatoms. The highest BCUT2D eigenvalue weighted by Crippen LogP contribution is 2.27. The van der Waals surface area contributed by atoms with Crippen LogP contribution in [0.2, 0.25) is 0 Å². The summed E-state index contributed by atoms with van der Waals surface area (Å²) >= 11 is 3.65. The Morgan fingerprint density at radius 3 is 2.84 bits per heavy atom. The van der Waals surface area contributed by atoms with E-state index in [0.29, 0.717) is 0 Å². The molecule has 2 aromatic heterocycles. The lowest BCUT2D eigenvalue weighted by Crippen LogP contribution is -2.35. The maximum atomic E-state index is 4.50. The number of aryl methyl sites for hydroxylation is 1. The van der Waals surface area contributed by atoms with Gasteiger partial charge in [-0.05, 0) is 31.5 Å². The second kappa shape index (κ2) is 6.11. The SMILES string of the molecule is CSC(C)(C)CNC(c1cccs1)c1nccn1C. The summed E-state index contributed by atoms with van der Waals surface area (Å²) in [6.07, 6.45) is 6.01. The molecule has 0 saturated carbocycles. The average Bonchev–Trinajstić information content (AvgIpc) is 3.02. The van der Waals surface area contributed by atoms with E-state index in [9.17, 15) is 0 Å². The van der Waals surface area contributed by atoms with Crippen molar-refractivity contribution in [3.63, 3.8) is 0 Å². The highest BCUT2D eigenvalue weighted by atomic mass is 32.2. The molecule has 0 fully saturated rings. The molecule has 0 aliphatic rings. The van der Waals surface area contributed by atoms with Crippen molar-refractivity contribution in [3.8, 4) is 0 Å². The van der Waals surface area contributed by atoms with E-state index >= 15 is 0 Å². The monoisotopic (exact) mass is 295 g/mol. The van der Waals surface area contributed by atoms with Crippen molar-refractivity contribution >= 4 is 23.1 Å². The molecule has 2 rings (SSSR count). The number of thioether (sulfide) groups is 1. The van der Waals surface area contributed by atoms with Crippen LogP contribution in [0.4, 0.5) is 0 Å². The lowest BCUT2D eigenvalue weighted by atomic mass is 10.1. The third-order valence-electron chi connectivity index (χ3n) is 3.23. The molecule has 3 nitrogen and oxygen atoms in total. The van der Waals surface area contributed by atoms with Crippen LogP contribution >= 0.6 is 23.1 Å². The Morgan fingerprint density at radius 2 is 2.32 bits per heavy atom. The maximum Gasteiger partial charge on any atom is 0.131 e. The van der Waals surface area contributed by atoms with Crippen molar-refractivity contribution in [1.82, 2.24) is 14.9 Å². The van der Waals surface area contributed by atoms with Gasteiger partial charge in [0, 0.05) is 35.6 Å². The van der Waals surface area contributed by atoms with Gasteiger partial charge in [-0.1, -0.05) is 6.07 Å². The summed E-state index contributed by atoms with van der Waals surface area (Å²) in [6.45, 7) is 5.47. The van der Waals surface area contributed by atoms with E-state index in [1.54, 1.807) is 11.3 Å². The van der Waals surface area contributed by atoms with Crippen molar-refractivity contribution in [1.29, 1.82) is 0 Å². The summed E-state index contributed by atoms with van der Waals surface area (Å²) in [5, 5.41) is 5.78. The Morgan fingerprint density at radius 1 is 1.53 bits per heavy atom. The largest absolute Gasteiger partial charge is 0.336 e. The molecule has 0 aliphatic carbocycles. The fourth-order valence-electron chi connectivity index (χ4n) is 1.85. The van der Waals surface area contributed by atoms with Gasteiger partial charge in [0.1, 0.15) is 11.9 Å². The van der Waals surface area contributed by atoms with Crippen LogP contribution in [0.3, 0.4) is 0 Å². The fraction of sp³-hybridized carbons (Fsp3) is 0.500. The number of hydrogen-bond donors (Lipinski definition) is 1. The Bertz CT molecular complexity index is 503. The molecule has 0 spiro atoms. The van der Waals surface area contributed by atoms with Gasteiger partial charge in [-0.25, -0.2) is 4.98 Å². The van der Waals surface area contributed by atoms with Crippen molar-refractivity contribution in [2.24, 2.45) is 7.05 Å². The molecule has 0 aromatic carbocycles. The second-order valence-corrected chi connectivity index (χ2v) is 7.68. The van der Waals surface area contributed by atoms with Gasteiger partial charge >= 0.3 is 0 Å². The van der Waals surface area contributed by atoms with Gasteiger partial charge in [0.05, 0.1) is 0 Å². The van der Waals surface area contributed by atoms with Crippen molar-refractivity contribution in [3.05, 3.63) is 40.6 Å². The van der Waals surface area contributed by atoms with E-state index in [4.69, 9.17) is 0 Å². The predicted molar refractivity (Wildman–Crippen MR) is 85.0 cm³/mol. The van der Waals surface area contributed by atoms with Crippen LogP contribution in [0.1, 0.15) is 30.6 Å². The fourth-order valence-corrected chi connectivity index (χ4v) is 2.87. The van der Waals surface area contributed by atoms with Gasteiger partial charge in [-0.3, -0.25) is 0 Å². The van der Waals surface area contributed by atoms with Gasteiger partial charge in [0.15, 0.2) is 0 Å². The van der Waals surface area contributed by atoms with Crippen LogP contribution in [-0.2, 0) is 7.05 Å². The molecule has 0 bridgehead atoms. The van der Waals surface area contributed by atoms with Crippen LogP contribution in [0.5, 0.6) is 0 Å². The zero-order valence-corrected chi connectivity index (χ0v) is 13.5. The summed E-state index contributed by atoms with van der Waals surface area (Å²) in [6, 6.07) is 4.44. The number of nitrogens with zero attached hydrogens (tertiary/aromatic N) is 2. The predicted octanol–water partition coefficient (Wildman–Crippen LogP) is 3.30. The summed E-state index contributed by atoms with van der Waals surface area (Å²) < 4.78 is 2.31. The molecule has 0 saturated heterocycles. The van der Waals surface area contributed by atoms with Crippen molar-refractivity contribution in [2.75, 3.05) is 12.8 Å². The normalized spacial score (nSPS) is 13.7. The minimum absolute atomic E-state index is 0.173. The first-order valence-corrected chi connectivity index (χ1v) is 8.43. The lowest BCUT2D eigenvalue weighted by Gasteiger charge is -2.26. The summed E-state index contributed by atoms with van der Waals surface area (Å²) in [5.41, 5.74) is 0. The number of aromatic nitrogens is 2. The van der Waals surface area contributed by atoms with E-state index in [2.05, 4.69) is 52.5 Å². The van der Waals surface area contributed by atoms with Crippen LogP contribution in [-0.4, -0.2) is 27.1 Å². The molecule has 1 unspecified atom stereocenters. The molecule has 0 radical (unpaired) electrons. The third kappa shape index (κ3) is 3.61. The summed E-state index contributed by atoms with van der Waals surface area (Å²) in [5.74, 6) is 1.07. The van der Waals surface area contributed by atoms with E-state index in [-0.39, 0.29) is 10.8 Å². The second-order valence-electron chi connectivity index (χ2n) is 5.19. The molecule has 104 valence electrons. The molecule has 0 amide bonds. The van der Waals surface area contributed by atoms with Gasteiger partial charge in [-0.2, -0.15) is 11.8 Å². The van der Waals surface area contributed by atoms with Gasteiger partial charge in [-0.15, -0.1) is 11.3 Å². The van der Waals surface area contributed by atoms with E-state index in [1.165, 1.54) is 4.88 Å². The molecule has 0 aliphatic heterocycles. The lowest BCUT2D eigenvalue weighted by molar-refractivity contribution is 0.520. The minimum atomic E-state index is 0.173. The van der Waals surface area contributed by atoms with Crippen LogP contribution in [0, 0.1) is 0 Å². The number of hydrogen-bond acceptors (Lipinski definition) is 4. The number of imidazole rings is 1. The summed E-state index contributed by atoms with van der Waals surface area (Å²) in [7, 11) is 2.05. The highest BCUT2D eigenvalue weighted by molar-refractivity contribution is 7.99. The Balaban J connectivity index is 2.19. The van der Waals surface area contributed by atoms with E-state index < -0.39 is 0 Å². The standard InChI is InChI=1S/C14H21N3S2/c1-14(2,18-4)10-16-12(11-6-5-9-19-11)13-15-7-8-17(13)3/h5-9,12,16H,10H2,1-4H3. The first-order chi connectivity index (χ1) is 9.03. The molecule has 1 atom stereocenters.